The Hall–Kier alpha value is -2.22. The van der Waals surface area contributed by atoms with E-state index in [0.717, 1.165) is 17.9 Å². The van der Waals surface area contributed by atoms with Gasteiger partial charge in [0.05, 0.1) is 14.2 Å². The van der Waals surface area contributed by atoms with E-state index in [-0.39, 0.29) is 0 Å². The number of ether oxygens (including phenoxy) is 2. The first-order chi connectivity index (χ1) is 10.7. The van der Waals surface area contributed by atoms with E-state index < -0.39 is 0 Å². The van der Waals surface area contributed by atoms with Gasteiger partial charge < -0.3 is 9.47 Å². The fourth-order valence-corrected chi connectivity index (χ4v) is 3.47. The lowest BCUT2D eigenvalue weighted by atomic mass is 9.89. The third-order valence-corrected chi connectivity index (χ3v) is 4.60. The van der Waals surface area contributed by atoms with Gasteiger partial charge >= 0.3 is 0 Å². The maximum Gasteiger partial charge on any atom is 0.119 e. The van der Waals surface area contributed by atoms with Gasteiger partial charge in [-0.3, -0.25) is 0 Å². The fourth-order valence-electron chi connectivity index (χ4n) is 3.47. The summed E-state index contributed by atoms with van der Waals surface area (Å²) in [7, 11) is 3.42. The second-order valence-corrected chi connectivity index (χ2v) is 5.68. The maximum absolute atomic E-state index is 5.39. The van der Waals surface area contributed by atoms with E-state index in [1.807, 2.05) is 12.1 Å². The van der Waals surface area contributed by atoms with E-state index in [1.54, 1.807) is 14.2 Å². The summed E-state index contributed by atoms with van der Waals surface area (Å²) in [5.41, 5.74) is 6.78. The molecule has 0 amide bonds. The minimum atomic E-state index is 0.453. The van der Waals surface area contributed by atoms with Gasteiger partial charge in [-0.25, -0.2) is 0 Å². The number of allylic oxidation sites excluding steroid dienone is 2. The van der Waals surface area contributed by atoms with Gasteiger partial charge in [-0.15, -0.1) is 0 Å². The van der Waals surface area contributed by atoms with Crippen LogP contribution in [0.15, 0.2) is 42.5 Å². The highest BCUT2D eigenvalue weighted by atomic mass is 16.5. The van der Waals surface area contributed by atoms with Crippen LogP contribution in [0.3, 0.4) is 0 Å². The number of benzene rings is 2. The normalized spacial score (nSPS) is 16.6. The molecule has 3 rings (SSSR count). The smallest absolute Gasteiger partial charge is 0.119 e. The first-order valence-electron chi connectivity index (χ1n) is 7.73. The molecular formula is C20H22O2. The predicted molar refractivity (Wildman–Crippen MR) is 91.5 cm³/mol. The Balaban J connectivity index is 2.10. The van der Waals surface area contributed by atoms with E-state index in [4.69, 9.17) is 9.47 Å². The van der Waals surface area contributed by atoms with Crippen molar-refractivity contribution in [3.8, 4) is 11.5 Å². The summed E-state index contributed by atoms with van der Waals surface area (Å²) in [6.45, 7) is 4.47. The lowest BCUT2D eigenvalue weighted by Crippen LogP contribution is -1.97. The summed E-state index contributed by atoms with van der Waals surface area (Å²) < 4.78 is 10.7. The predicted octanol–water partition coefficient (Wildman–Crippen LogP) is 5.14. The Bertz CT molecular complexity index is 711. The molecule has 2 heteroatoms. The topological polar surface area (TPSA) is 18.5 Å². The molecule has 0 saturated heterocycles. The van der Waals surface area contributed by atoms with E-state index >= 15 is 0 Å². The molecule has 22 heavy (non-hydrogen) atoms. The first-order valence-corrected chi connectivity index (χ1v) is 7.73. The molecular weight excluding hydrogens is 272 g/mol. The SMILES string of the molecule is CCC1C(c2ccc(OC)cc2)=C(C)c2cc(OC)ccc21. The van der Waals surface area contributed by atoms with Gasteiger partial charge in [0.15, 0.2) is 0 Å². The molecule has 1 unspecified atom stereocenters. The molecule has 0 aliphatic heterocycles. The molecule has 114 valence electrons. The summed E-state index contributed by atoms with van der Waals surface area (Å²) >= 11 is 0. The van der Waals surface area contributed by atoms with E-state index in [0.29, 0.717) is 5.92 Å². The minimum absolute atomic E-state index is 0.453. The Morgan fingerprint density at radius 2 is 1.55 bits per heavy atom. The van der Waals surface area contributed by atoms with Crippen molar-refractivity contribution < 1.29 is 9.47 Å². The van der Waals surface area contributed by atoms with Crippen molar-refractivity contribution in [3.63, 3.8) is 0 Å². The molecule has 0 spiro atoms. The minimum Gasteiger partial charge on any atom is -0.497 e. The van der Waals surface area contributed by atoms with Crippen LogP contribution in [-0.2, 0) is 0 Å². The largest absolute Gasteiger partial charge is 0.497 e. The lowest BCUT2D eigenvalue weighted by Gasteiger charge is -2.16. The molecule has 1 atom stereocenters. The summed E-state index contributed by atoms with van der Waals surface area (Å²) in [5, 5.41) is 0. The van der Waals surface area contributed by atoms with E-state index in [2.05, 4.69) is 44.2 Å². The second-order valence-electron chi connectivity index (χ2n) is 5.68. The first kappa shape index (κ1) is 14.7. The van der Waals surface area contributed by atoms with Crippen LogP contribution in [-0.4, -0.2) is 14.2 Å². The van der Waals surface area contributed by atoms with Crippen molar-refractivity contribution in [2.75, 3.05) is 14.2 Å². The second kappa shape index (κ2) is 5.88. The zero-order valence-electron chi connectivity index (χ0n) is 13.6. The van der Waals surface area contributed by atoms with Crippen molar-refractivity contribution in [1.82, 2.24) is 0 Å². The van der Waals surface area contributed by atoms with Gasteiger partial charge in [-0.1, -0.05) is 25.1 Å². The van der Waals surface area contributed by atoms with E-state index in [9.17, 15) is 0 Å². The fraction of sp³-hybridized carbons (Fsp3) is 0.300. The van der Waals surface area contributed by atoms with Crippen LogP contribution < -0.4 is 9.47 Å². The number of methoxy groups -OCH3 is 2. The summed E-state index contributed by atoms with van der Waals surface area (Å²) in [6.07, 6.45) is 1.10. The van der Waals surface area contributed by atoms with Crippen LogP contribution in [0.25, 0.3) is 11.1 Å². The Morgan fingerprint density at radius 3 is 2.14 bits per heavy atom. The van der Waals surface area contributed by atoms with Crippen LogP contribution in [0.5, 0.6) is 11.5 Å². The number of hydrogen-bond donors (Lipinski definition) is 0. The molecule has 0 radical (unpaired) electrons. The quantitative estimate of drug-likeness (QED) is 0.777. The van der Waals surface area contributed by atoms with Gasteiger partial charge in [0.1, 0.15) is 11.5 Å². The van der Waals surface area contributed by atoms with Crippen LogP contribution in [0.1, 0.15) is 42.9 Å². The lowest BCUT2D eigenvalue weighted by molar-refractivity contribution is 0.414. The summed E-state index contributed by atoms with van der Waals surface area (Å²) in [5.74, 6) is 2.27. The van der Waals surface area contributed by atoms with Gasteiger partial charge in [-0.05, 0) is 65.4 Å². The molecule has 0 aromatic heterocycles. The zero-order chi connectivity index (χ0) is 15.7. The molecule has 0 fully saturated rings. The van der Waals surface area contributed by atoms with Crippen LogP contribution in [0.4, 0.5) is 0 Å². The molecule has 1 aliphatic carbocycles. The molecule has 1 aliphatic rings. The molecule has 2 aromatic rings. The van der Waals surface area contributed by atoms with Crippen LogP contribution in [0.2, 0.25) is 0 Å². The third kappa shape index (κ3) is 2.29. The Morgan fingerprint density at radius 1 is 0.909 bits per heavy atom. The van der Waals surface area contributed by atoms with Gasteiger partial charge in [-0.2, -0.15) is 0 Å². The molecule has 2 aromatic carbocycles. The molecule has 0 bridgehead atoms. The number of rotatable bonds is 4. The zero-order valence-corrected chi connectivity index (χ0v) is 13.6. The molecule has 2 nitrogen and oxygen atoms in total. The van der Waals surface area contributed by atoms with Crippen molar-refractivity contribution in [1.29, 1.82) is 0 Å². The molecule has 0 heterocycles. The summed E-state index contributed by atoms with van der Waals surface area (Å²) in [6, 6.07) is 14.8. The highest BCUT2D eigenvalue weighted by Gasteiger charge is 2.29. The molecule has 0 saturated carbocycles. The van der Waals surface area contributed by atoms with Gasteiger partial charge in [0, 0.05) is 5.92 Å². The van der Waals surface area contributed by atoms with Gasteiger partial charge in [0.25, 0.3) is 0 Å². The average molecular weight is 294 g/mol. The van der Waals surface area contributed by atoms with E-state index in [1.165, 1.54) is 27.8 Å². The average Bonchev–Trinajstić information content (AvgIpc) is 2.86. The van der Waals surface area contributed by atoms with Crippen LogP contribution in [0, 0.1) is 0 Å². The number of fused-ring (bicyclic) bond motifs is 1. The van der Waals surface area contributed by atoms with Crippen molar-refractivity contribution in [2.24, 2.45) is 0 Å². The summed E-state index contributed by atoms with van der Waals surface area (Å²) in [4.78, 5) is 0. The van der Waals surface area contributed by atoms with Crippen molar-refractivity contribution in [2.45, 2.75) is 26.2 Å². The molecule has 0 N–H and O–H groups in total. The number of hydrogen-bond acceptors (Lipinski definition) is 2. The third-order valence-electron chi connectivity index (χ3n) is 4.60. The highest BCUT2D eigenvalue weighted by molar-refractivity contribution is 5.99. The van der Waals surface area contributed by atoms with Crippen LogP contribution >= 0.6 is 0 Å². The Kier molecular flexibility index (Phi) is 3.93. The van der Waals surface area contributed by atoms with Crippen molar-refractivity contribution in [3.05, 3.63) is 59.2 Å². The monoisotopic (exact) mass is 294 g/mol. The van der Waals surface area contributed by atoms with Gasteiger partial charge in [0.2, 0.25) is 0 Å². The Labute approximate surface area is 132 Å². The maximum atomic E-state index is 5.39. The van der Waals surface area contributed by atoms with Crippen molar-refractivity contribution >= 4 is 11.1 Å². The standard InChI is InChI=1S/C20H22O2/c1-5-17-18-11-10-16(22-4)12-19(18)13(2)20(17)14-6-8-15(21-3)9-7-14/h6-12,17H,5H2,1-4H3. The highest BCUT2D eigenvalue weighted by Crippen LogP contribution is 2.49.